The second kappa shape index (κ2) is 6.72. The third-order valence-corrected chi connectivity index (χ3v) is 4.33. The van der Waals surface area contributed by atoms with E-state index in [1.165, 1.54) is 22.0 Å². The van der Waals surface area contributed by atoms with Crippen LogP contribution in [0.1, 0.15) is 9.80 Å². The first-order chi connectivity index (χ1) is 11.1. The summed E-state index contributed by atoms with van der Waals surface area (Å²) in [5.74, 6) is -0.328. The lowest BCUT2D eigenvalue weighted by Gasteiger charge is -2.12. The van der Waals surface area contributed by atoms with Gasteiger partial charge in [0.2, 0.25) is 0 Å². The van der Waals surface area contributed by atoms with Crippen LogP contribution in [0.3, 0.4) is 0 Å². The largest absolute Gasteiger partial charge is 0.389 e. The summed E-state index contributed by atoms with van der Waals surface area (Å²) in [5.41, 5.74) is 0.586. The normalized spacial score (nSPS) is 12.2. The minimum atomic E-state index is -0.853. The van der Waals surface area contributed by atoms with Crippen molar-refractivity contribution in [3.8, 4) is 0 Å². The highest BCUT2D eigenvalue weighted by Crippen LogP contribution is 2.21. The van der Waals surface area contributed by atoms with Gasteiger partial charge in [-0.2, -0.15) is 0 Å². The van der Waals surface area contributed by atoms with Crippen molar-refractivity contribution in [3.05, 3.63) is 64.0 Å². The standard InChI is InChI=1S/C16H15N3O3S/c20-11(10-19-8-4-3-7-14(19)21)9-17-15(22)16-18-12-5-1-2-6-13(12)23-16/h1-8,11,20H,9-10H2,(H,17,22). The predicted molar refractivity (Wildman–Crippen MR) is 88.7 cm³/mol. The third kappa shape index (κ3) is 3.64. The van der Waals surface area contributed by atoms with Crippen molar-refractivity contribution in [2.24, 2.45) is 0 Å². The Bertz CT molecular complexity index is 854. The number of thiazole rings is 1. The summed E-state index contributed by atoms with van der Waals surface area (Å²) in [6, 6.07) is 12.3. The van der Waals surface area contributed by atoms with Gasteiger partial charge in [-0.05, 0) is 18.2 Å². The van der Waals surface area contributed by atoms with Crippen LogP contribution in [0.5, 0.6) is 0 Å². The van der Waals surface area contributed by atoms with Crippen LogP contribution in [0, 0.1) is 0 Å². The summed E-state index contributed by atoms with van der Waals surface area (Å²) < 4.78 is 2.34. The van der Waals surface area contributed by atoms with E-state index in [1.54, 1.807) is 18.3 Å². The molecule has 0 bridgehead atoms. The molecule has 2 N–H and O–H groups in total. The van der Waals surface area contributed by atoms with Crippen molar-refractivity contribution in [1.82, 2.24) is 14.9 Å². The molecule has 1 amide bonds. The number of rotatable bonds is 5. The first-order valence-electron chi connectivity index (χ1n) is 7.11. The van der Waals surface area contributed by atoms with Gasteiger partial charge in [-0.15, -0.1) is 11.3 Å². The molecule has 6 nitrogen and oxygen atoms in total. The Labute approximate surface area is 136 Å². The van der Waals surface area contributed by atoms with E-state index in [2.05, 4.69) is 10.3 Å². The van der Waals surface area contributed by atoms with Crippen LogP contribution >= 0.6 is 11.3 Å². The maximum Gasteiger partial charge on any atom is 0.280 e. The molecule has 1 atom stereocenters. The molecule has 1 aromatic carbocycles. The Kier molecular flexibility index (Phi) is 4.50. The van der Waals surface area contributed by atoms with E-state index < -0.39 is 6.10 Å². The number of hydrogen-bond acceptors (Lipinski definition) is 5. The number of pyridine rings is 1. The van der Waals surface area contributed by atoms with Crippen LogP contribution in [-0.4, -0.2) is 33.2 Å². The van der Waals surface area contributed by atoms with Gasteiger partial charge in [-0.3, -0.25) is 9.59 Å². The van der Waals surface area contributed by atoms with Gasteiger partial charge in [0.1, 0.15) is 0 Å². The number of hydrogen-bond donors (Lipinski definition) is 2. The van der Waals surface area contributed by atoms with Gasteiger partial charge in [0.25, 0.3) is 11.5 Å². The Morgan fingerprint density at radius 1 is 1.26 bits per heavy atom. The minimum absolute atomic E-state index is 0.0517. The molecule has 2 aromatic heterocycles. The number of nitrogens with zero attached hydrogens (tertiary/aromatic N) is 2. The maximum atomic E-state index is 12.1. The van der Waals surface area contributed by atoms with E-state index in [1.807, 2.05) is 24.3 Å². The number of benzene rings is 1. The van der Waals surface area contributed by atoms with Crippen LogP contribution in [0.2, 0.25) is 0 Å². The van der Waals surface area contributed by atoms with E-state index in [-0.39, 0.29) is 24.6 Å². The lowest BCUT2D eigenvalue weighted by molar-refractivity contribution is 0.0903. The van der Waals surface area contributed by atoms with Crippen LogP contribution in [0.25, 0.3) is 10.2 Å². The molecule has 0 aliphatic carbocycles. The van der Waals surface area contributed by atoms with Crippen molar-refractivity contribution in [3.63, 3.8) is 0 Å². The molecule has 3 aromatic rings. The Morgan fingerprint density at radius 2 is 2.04 bits per heavy atom. The Morgan fingerprint density at radius 3 is 2.83 bits per heavy atom. The number of nitrogens with one attached hydrogen (secondary N) is 1. The first-order valence-corrected chi connectivity index (χ1v) is 7.92. The van der Waals surface area contributed by atoms with Crippen LogP contribution < -0.4 is 10.9 Å². The molecule has 7 heteroatoms. The predicted octanol–water partition coefficient (Wildman–Crippen LogP) is 1.25. The summed E-state index contributed by atoms with van der Waals surface area (Å²) in [4.78, 5) is 27.9. The number of carbonyl (C=O) groups excluding carboxylic acids is 1. The van der Waals surface area contributed by atoms with E-state index >= 15 is 0 Å². The van der Waals surface area contributed by atoms with Crippen LogP contribution in [0.4, 0.5) is 0 Å². The Hall–Kier alpha value is -2.51. The SMILES string of the molecule is O=C(NCC(O)Cn1ccccc1=O)c1nc2ccccc2s1. The van der Waals surface area contributed by atoms with Crippen molar-refractivity contribution in [1.29, 1.82) is 0 Å². The lowest BCUT2D eigenvalue weighted by Crippen LogP contribution is -2.36. The zero-order chi connectivity index (χ0) is 16.2. The summed E-state index contributed by atoms with van der Waals surface area (Å²) in [6.45, 7) is 0.176. The smallest absolute Gasteiger partial charge is 0.280 e. The molecule has 3 rings (SSSR count). The van der Waals surface area contributed by atoms with Gasteiger partial charge < -0.3 is 15.0 Å². The van der Waals surface area contributed by atoms with Gasteiger partial charge in [-0.25, -0.2) is 4.98 Å². The molecular weight excluding hydrogens is 314 g/mol. The summed E-state index contributed by atoms with van der Waals surface area (Å²) in [5, 5.41) is 13.0. The molecule has 0 saturated carbocycles. The van der Waals surface area contributed by atoms with Crippen molar-refractivity contribution < 1.29 is 9.90 Å². The van der Waals surface area contributed by atoms with Crippen molar-refractivity contribution >= 4 is 27.5 Å². The fourth-order valence-corrected chi connectivity index (χ4v) is 3.04. The number of aliphatic hydroxyl groups excluding tert-OH is 1. The maximum absolute atomic E-state index is 12.1. The fourth-order valence-electron chi connectivity index (χ4n) is 2.16. The summed E-state index contributed by atoms with van der Waals surface area (Å²) in [7, 11) is 0. The van der Waals surface area contributed by atoms with Gasteiger partial charge in [0.05, 0.1) is 22.9 Å². The number of fused-ring (bicyclic) bond motifs is 1. The second-order valence-corrected chi connectivity index (χ2v) is 6.07. The second-order valence-electron chi connectivity index (χ2n) is 5.04. The number of aliphatic hydroxyl groups is 1. The first kappa shape index (κ1) is 15.4. The number of aromatic nitrogens is 2. The van der Waals surface area contributed by atoms with Gasteiger partial charge in [0.15, 0.2) is 5.01 Å². The third-order valence-electron chi connectivity index (χ3n) is 3.29. The molecule has 0 aliphatic rings. The zero-order valence-electron chi connectivity index (χ0n) is 12.2. The molecular formula is C16H15N3O3S. The quantitative estimate of drug-likeness (QED) is 0.738. The highest BCUT2D eigenvalue weighted by Gasteiger charge is 2.14. The van der Waals surface area contributed by atoms with Crippen molar-refractivity contribution in [2.45, 2.75) is 12.6 Å². The van der Waals surface area contributed by atoms with E-state index in [9.17, 15) is 14.7 Å². The molecule has 23 heavy (non-hydrogen) atoms. The average molecular weight is 329 g/mol. The molecule has 2 heterocycles. The molecule has 1 unspecified atom stereocenters. The Balaban J connectivity index is 1.60. The molecule has 0 spiro atoms. The summed E-state index contributed by atoms with van der Waals surface area (Å²) in [6.07, 6.45) is 0.745. The van der Waals surface area contributed by atoms with Crippen molar-refractivity contribution in [2.75, 3.05) is 6.54 Å². The number of amides is 1. The van der Waals surface area contributed by atoms with E-state index in [0.29, 0.717) is 5.01 Å². The number of para-hydroxylation sites is 1. The highest BCUT2D eigenvalue weighted by atomic mass is 32.1. The zero-order valence-corrected chi connectivity index (χ0v) is 13.0. The topological polar surface area (TPSA) is 84.2 Å². The molecule has 0 saturated heterocycles. The highest BCUT2D eigenvalue weighted by molar-refractivity contribution is 7.20. The lowest BCUT2D eigenvalue weighted by atomic mass is 10.3. The molecule has 0 aliphatic heterocycles. The van der Waals surface area contributed by atoms with Gasteiger partial charge in [-0.1, -0.05) is 18.2 Å². The average Bonchev–Trinajstić information content (AvgIpc) is 2.99. The van der Waals surface area contributed by atoms with Crippen LogP contribution in [0.15, 0.2) is 53.5 Å². The number of carbonyl (C=O) groups is 1. The van der Waals surface area contributed by atoms with Gasteiger partial charge >= 0.3 is 0 Å². The molecule has 0 radical (unpaired) electrons. The van der Waals surface area contributed by atoms with Crippen LogP contribution in [-0.2, 0) is 6.54 Å². The molecule has 0 fully saturated rings. The van der Waals surface area contributed by atoms with E-state index in [0.717, 1.165) is 10.2 Å². The summed E-state index contributed by atoms with van der Waals surface area (Å²) >= 11 is 1.30. The minimum Gasteiger partial charge on any atom is -0.389 e. The fraction of sp³-hybridized carbons (Fsp3) is 0.188. The monoisotopic (exact) mass is 329 g/mol. The molecule has 118 valence electrons. The van der Waals surface area contributed by atoms with Gasteiger partial charge in [0, 0.05) is 18.8 Å². The van der Waals surface area contributed by atoms with E-state index in [4.69, 9.17) is 0 Å².